The normalized spacial score (nSPS) is 20.7. The predicted octanol–water partition coefficient (Wildman–Crippen LogP) is 0.927. The molecule has 28 heavy (non-hydrogen) atoms. The van der Waals surface area contributed by atoms with Gasteiger partial charge in [-0.2, -0.15) is 17.7 Å². The summed E-state index contributed by atoms with van der Waals surface area (Å²) in [5.41, 5.74) is 1.90. The molecule has 0 unspecified atom stereocenters. The van der Waals surface area contributed by atoms with Crippen LogP contribution >= 0.6 is 0 Å². The fraction of sp³-hybridized carbons (Fsp3) is 0.364. The first-order chi connectivity index (χ1) is 12.9. The molecular formula is C22H25LiN2O3. The summed E-state index contributed by atoms with van der Waals surface area (Å²) >= 11 is 0. The van der Waals surface area contributed by atoms with Crippen molar-refractivity contribution in [3.8, 4) is 11.8 Å². The molecule has 0 radical (unpaired) electrons. The van der Waals surface area contributed by atoms with Crippen LogP contribution in [-0.4, -0.2) is 37.5 Å². The molecule has 0 N–H and O–H groups in total. The SMILES string of the molecule is COc1ccc([C-](C#N)N(C)[C@H]2COC(C)(C)O[C@H]2c2ccccc2)cc1.[Li+]. The maximum Gasteiger partial charge on any atom is 1.00 e. The van der Waals surface area contributed by atoms with E-state index in [-0.39, 0.29) is 31.0 Å². The van der Waals surface area contributed by atoms with Crippen LogP contribution < -0.4 is 23.6 Å². The number of likely N-dealkylation sites (N-methyl/N-ethyl adjacent to an activating group) is 1. The van der Waals surface area contributed by atoms with Gasteiger partial charge in [0.1, 0.15) is 6.10 Å². The van der Waals surface area contributed by atoms with E-state index in [1.807, 2.05) is 80.4 Å². The molecule has 2 atom stereocenters. The van der Waals surface area contributed by atoms with Crippen molar-refractivity contribution in [3.63, 3.8) is 0 Å². The smallest absolute Gasteiger partial charge is 0.499 e. The Hall–Kier alpha value is -1.92. The summed E-state index contributed by atoms with van der Waals surface area (Å²) in [6, 6.07) is 20.3. The summed E-state index contributed by atoms with van der Waals surface area (Å²) in [5, 5.41) is 9.82. The van der Waals surface area contributed by atoms with Gasteiger partial charge in [0.25, 0.3) is 0 Å². The molecule has 2 aromatic carbocycles. The maximum atomic E-state index is 9.82. The molecule has 6 heteroatoms. The van der Waals surface area contributed by atoms with Crippen LogP contribution in [-0.2, 0) is 9.47 Å². The zero-order valence-electron chi connectivity index (χ0n) is 17.2. The van der Waals surface area contributed by atoms with Crippen LogP contribution in [0.3, 0.4) is 0 Å². The summed E-state index contributed by atoms with van der Waals surface area (Å²) in [6.07, 6.45) is -0.207. The number of methoxy groups -OCH3 is 1. The standard InChI is InChI=1S/C22H25N2O3.Li/c1-22(2)26-15-20(21(27-22)17-8-6-5-7-9-17)24(3)19(14-23)16-10-12-18(25-4)13-11-16;/h5-13,20-21H,15H2,1-4H3;/q-1;+1/t20-,21-;/m0./s1. The first-order valence-electron chi connectivity index (χ1n) is 8.96. The van der Waals surface area contributed by atoms with E-state index >= 15 is 0 Å². The van der Waals surface area contributed by atoms with Gasteiger partial charge in [0.15, 0.2) is 5.79 Å². The fourth-order valence-electron chi connectivity index (χ4n) is 3.30. The number of hydrogen-bond acceptors (Lipinski definition) is 5. The van der Waals surface area contributed by atoms with Crippen LogP contribution in [0.15, 0.2) is 54.6 Å². The Morgan fingerprint density at radius 2 is 1.79 bits per heavy atom. The van der Waals surface area contributed by atoms with E-state index in [0.717, 1.165) is 16.9 Å². The minimum atomic E-state index is -0.676. The molecule has 0 aromatic heterocycles. The summed E-state index contributed by atoms with van der Waals surface area (Å²) in [6.45, 7) is 4.29. The Morgan fingerprint density at radius 1 is 1.14 bits per heavy atom. The largest absolute Gasteiger partial charge is 1.00 e. The van der Waals surface area contributed by atoms with Crippen LogP contribution in [0.2, 0.25) is 0 Å². The third kappa shape index (κ3) is 4.92. The van der Waals surface area contributed by atoms with E-state index < -0.39 is 5.79 Å². The van der Waals surface area contributed by atoms with Crippen molar-refractivity contribution >= 4 is 0 Å². The molecule has 3 rings (SSSR count). The van der Waals surface area contributed by atoms with Gasteiger partial charge in [-0.3, -0.25) is 0 Å². The molecule has 2 aromatic rings. The van der Waals surface area contributed by atoms with Gasteiger partial charge in [-0.25, -0.2) is 5.26 Å². The Bertz CT molecular complexity index is 790. The minimum absolute atomic E-state index is 0. The zero-order valence-corrected chi connectivity index (χ0v) is 17.2. The van der Waals surface area contributed by atoms with Crippen molar-refractivity contribution in [3.05, 3.63) is 71.8 Å². The van der Waals surface area contributed by atoms with Gasteiger partial charge in [0.05, 0.1) is 25.5 Å². The van der Waals surface area contributed by atoms with Gasteiger partial charge >= 0.3 is 18.9 Å². The third-order valence-electron chi connectivity index (χ3n) is 4.81. The molecule has 1 fully saturated rings. The Morgan fingerprint density at radius 3 is 2.36 bits per heavy atom. The van der Waals surface area contributed by atoms with E-state index in [1.165, 1.54) is 0 Å². The quantitative estimate of drug-likeness (QED) is 0.577. The van der Waals surface area contributed by atoms with Crippen LogP contribution in [0.5, 0.6) is 5.75 Å². The predicted molar refractivity (Wildman–Crippen MR) is 103 cm³/mol. The Balaban J connectivity index is 0.00000280. The topological polar surface area (TPSA) is 54.7 Å². The summed E-state index contributed by atoms with van der Waals surface area (Å²) in [4.78, 5) is 1.95. The van der Waals surface area contributed by atoms with E-state index in [0.29, 0.717) is 12.6 Å². The molecule has 0 amide bonds. The molecule has 0 bridgehead atoms. The van der Waals surface area contributed by atoms with Crippen molar-refractivity contribution < 1.29 is 33.1 Å². The maximum absolute atomic E-state index is 9.82. The molecule has 0 saturated carbocycles. The van der Waals surface area contributed by atoms with Crippen LogP contribution in [0.1, 0.15) is 31.1 Å². The Labute approximate surface area is 179 Å². The number of benzene rings is 2. The third-order valence-corrected chi connectivity index (χ3v) is 4.81. The van der Waals surface area contributed by atoms with Crippen LogP contribution in [0.25, 0.3) is 0 Å². The van der Waals surface area contributed by atoms with E-state index in [2.05, 4.69) is 6.07 Å². The van der Waals surface area contributed by atoms with Crippen molar-refractivity contribution in [2.75, 3.05) is 20.8 Å². The van der Waals surface area contributed by atoms with Crippen LogP contribution in [0, 0.1) is 17.4 Å². The molecule has 0 spiro atoms. The second-order valence-electron chi connectivity index (χ2n) is 7.03. The Kier molecular flexibility index (Phi) is 7.61. The monoisotopic (exact) mass is 372 g/mol. The van der Waals surface area contributed by atoms with Gasteiger partial charge in [-0.1, -0.05) is 42.5 Å². The molecular weight excluding hydrogens is 347 g/mol. The second-order valence-corrected chi connectivity index (χ2v) is 7.03. The first-order valence-corrected chi connectivity index (χ1v) is 8.96. The molecule has 0 aliphatic carbocycles. The summed E-state index contributed by atoms with van der Waals surface area (Å²) in [5.74, 6) is 0.0806. The van der Waals surface area contributed by atoms with Crippen molar-refractivity contribution in [1.82, 2.24) is 4.90 Å². The van der Waals surface area contributed by atoms with Gasteiger partial charge in [-0.15, -0.1) is 0 Å². The summed E-state index contributed by atoms with van der Waals surface area (Å²) < 4.78 is 17.4. The number of nitriles is 1. The molecule has 142 valence electrons. The van der Waals surface area contributed by atoms with Crippen molar-refractivity contribution in [1.29, 1.82) is 5.26 Å². The van der Waals surface area contributed by atoms with Crippen molar-refractivity contribution in [2.24, 2.45) is 0 Å². The van der Waals surface area contributed by atoms with Gasteiger partial charge in [0, 0.05) is 6.07 Å². The number of rotatable bonds is 5. The second kappa shape index (κ2) is 9.52. The average Bonchev–Trinajstić information content (AvgIpc) is 2.69. The molecule has 1 heterocycles. The average molecular weight is 372 g/mol. The van der Waals surface area contributed by atoms with Gasteiger partial charge in [-0.05, 0) is 32.5 Å². The summed E-state index contributed by atoms with van der Waals surface area (Å²) in [7, 11) is 3.54. The number of nitrogens with zero attached hydrogens (tertiary/aromatic N) is 2. The molecule has 5 nitrogen and oxygen atoms in total. The van der Waals surface area contributed by atoms with Crippen molar-refractivity contribution in [2.45, 2.75) is 31.8 Å². The van der Waals surface area contributed by atoms with Gasteiger partial charge < -0.3 is 19.1 Å². The molecule has 1 aliphatic heterocycles. The number of ether oxygens (including phenoxy) is 3. The minimum Gasteiger partial charge on any atom is -0.499 e. The molecule has 1 saturated heterocycles. The fourth-order valence-corrected chi connectivity index (χ4v) is 3.30. The first kappa shape index (κ1) is 22.4. The van der Waals surface area contributed by atoms with Gasteiger partial charge in [0.2, 0.25) is 0 Å². The van der Waals surface area contributed by atoms with E-state index in [9.17, 15) is 5.26 Å². The van der Waals surface area contributed by atoms with E-state index in [1.54, 1.807) is 7.11 Å². The number of hydrogen-bond donors (Lipinski definition) is 0. The van der Waals surface area contributed by atoms with E-state index in [4.69, 9.17) is 14.2 Å². The zero-order chi connectivity index (χ0) is 19.4. The van der Waals surface area contributed by atoms with Crippen LogP contribution in [0.4, 0.5) is 0 Å². The molecule has 1 aliphatic rings.